The molecule has 0 bridgehead atoms. The lowest BCUT2D eigenvalue weighted by Crippen LogP contribution is -2.12. The van der Waals surface area contributed by atoms with Gasteiger partial charge in [-0.3, -0.25) is 0 Å². The molecule has 0 amide bonds. The van der Waals surface area contributed by atoms with E-state index in [1.54, 1.807) is 0 Å². The fraction of sp³-hybridized carbons (Fsp3) is 0.333. The molecule has 0 atom stereocenters. The van der Waals surface area contributed by atoms with Gasteiger partial charge in [-0.2, -0.15) is 0 Å². The van der Waals surface area contributed by atoms with Crippen LogP contribution in [0, 0.1) is 0 Å². The zero-order valence-electron chi connectivity index (χ0n) is 46.5. The van der Waals surface area contributed by atoms with E-state index in [-0.39, 0.29) is 32.5 Å². The van der Waals surface area contributed by atoms with Gasteiger partial charge in [0, 0.05) is 0 Å². The first-order chi connectivity index (χ1) is 33.4. The molecule has 0 aromatic heterocycles. The van der Waals surface area contributed by atoms with Gasteiger partial charge < -0.3 is 0 Å². The summed E-state index contributed by atoms with van der Waals surface area (Å²) in [6.45, 7) is 42.4. The summed E-state index contributed by atoms with van der Waals surface area (Å²) in [7, 11) is 0. The van der Waals surface area contributed by atoms with Gasteiger partial charge in [-0.15, -0.1) is 0 Å². The molecule has 0 nitrogen and oxygen atoms in total. The highest BCUT2D eigenvalue weighted by Gasteiger charge is 2.32. The maximum Gasteiger partial charge on any atom is -0.00260 e. The molecular formula is C72H74. The number of hydrogen-bond donors (Lipinski definition) is 0. The van der Waals surface area contributed by atoms with E-state index in [1.165, 1.54) is 154 Å². The molecule has 0 radical (unpaired) electrons. The van der Waals surface area contributed by atoms with Crippen molar-refractivity contribution >= 4 is 64.6 Å². The Hall–Kier alpha value is -6.24. The molecule has 0 heteroatoms. The monoisotopic (exact) mass is 939 g/mol. The molecule has 0 saturated heterocycles. The average molecular weight is 939 g/mol. The lowest BCUT2D eigenvalue weighted by molar-refractivity contribution is 0.589. The molecule has 0 unspecified atom stereocenters. The standard InChI is InChI=1S/C72H74/c1-67(2,3)43-21-19-39-23-44(68(4,5)6)30-53(50(39)29-43)56-36-54-49(55-37-59-60(38-57(55)56)64-34-48(72(16,17)18)27-42-26-47(71(13,14)15)33-63(59)66(42)64)22-20-40-28-52-58(35-51(40)54)62-32-46(70(10,11)12)25-41-24-45(69(7,8)9)31-61(52)65(41)62/h19-38H,1-18H3. The first kappa shape index (κ1) is 46.8. The van der Waals surface area contributed by atoms with Crippen molar-refractivity contribution in [3.05, 3.63) is 155 Å². The SMILES string of the molecule is CC(C)(C)c1cc(-c2cc3c4cc5c(cc4ccc3c3cc4c(cc23)-c2cc(C(C)(C)C)cc3cc(C(C)(C)C)cc-4c23)-c2cc(C(C)(C)C)cc3cc(C(C)(C)C)cc-5c23)c2cc(C(C)(C)C)ccc2c1. The normalized spacial score (nSPS) is 14.0. The molecule has 72 heavy (non-hydrogen) atoms. The maximum absolute atomic E-state index is 2.60. The molecule has 0 spiro atoms. The van der Waals surface area contributed by atoms with Crippen molar-refractivity contribution < 1.29 is 0 Å². The van der Waals surface area contributed by atoms with Crippen LogP contribution in [0.25, 0.3) is 120 Å². The Kier molecular flexibility index (Phi) is 9.57. The van der Waals surface area contributed by atoms with E-state index in [0.29, 0.717) is 0 Å². The van der Waals surface area contributed by atoms with Crippen molar-refractivity contribution in [1.82, 2.24) is 0 Å². The minimum atomic E-state index is -0.0486. The third-order valence-electron chi connectivity index (χ3n) is 16.9. The first-order valence-corrected chi connectivity index (χ1v) is 26.8. The number of hydrogen-bond acceptors (Lipinski definition) is 0. The van der Waals surface area contributed by atoms with Gasteiger partial charge in [0.05, 0.1) is 0 Å². The number of rotatable bonds is 1. The second kappa shape index (κ2) is 14.7. The van der Waals surface area contributed by atoms with Crippen LogP contribution in [0.2, 0.25) is 0 Å². The highest BCUT2D eigenvalue weighted by Crippen LogP contribution is 2.56. The molecule has 2 aliphatic carbocycles. The third kappa shape index (κ3) is 7.12. The molecule has 2 aliphatic rings. The van der Waals surface area contributed by atoms with Crippen LogP contribution in [0.4, 0.5) is 0 Å². The van der Waals surface area contributed by atoms with Crippen molar-refractivity contribution in [1.29, 1.82) is 0 Å². The highest BCUT2D eigenvalue weighted by molar-refractivity contribution is 6.28. The predicted octanol–water partition coefficient (Wildman–Crippen LogP) is 21.4. The van der Waals surface area contributed by atoms with E-state index in [9.17, 15) is 0 Å². The van der Waals surface area contributed by atoms with Crippen molar-refractivity contribution in [2.45, 2.75) is 157 Å². The van der Waals surface area contributed by atoms with Gasteiger partial charge in [-0.1, -0.05) is 185 Å². The van der Waals surface area contributed by atoms with E-state index in [4.69, 9.17) is 0 Å². The largest absolute Gasteiger partial charge is 0.0579 e. The van der Waals surface area contributed by atoms with Crippen LogP contribution in [0.15, 0.2) is 121 Å². The first-order valence-electron chi connectivity index (χ1n) is 26.8. The van der Waals surface area contributed by atoms with Crippen LogP contribution in [0.1, 0.15) is 158 Å². The van der Waals surface area contributed by atoms with E-state index < -0.39 is 0 Å². The van der Waals surface area contributed by atoms with E-state index in [1.807, 2.05) is 0 Å². The molecule has 12 rings (SSSR count). The minimum absolute atomic E-state index is 0.000915. The second-order valence-electron chi connectivity index (χ2n) is 28.4. The molecule has 0 N–H and O–H groups in total. The molecule has 10 aromatic carbocycles. The topological polar surface area (TPSA) is 0 Å². The highest BCUT2D eigenvalue weighted by atomic mass is 14.4. The van der Waals surface area contributed by atoms with Crippen molar-refractivity contribution in [2.75, 3.05) is 0 Å². The summed E-state index contributed by atoms with van der Waals surface area (Å²) in [6.07, 6.45) is 0. The molecule has 362 valence electrons. The molecule has 0 heterocycles. The maximum atomic E-state index is 2.60. The van der Waals surface area contributed by atoms with Gasteiger partial charge in [-0.05, 0) is 247 Å². The van der Waals surface area contributed by atoms with Gasteiger partial charge in [0.25, 0.3) is 0 Å². The summed E-state index contributed by atoms with van der Waals surface area (Å²) >= 11 is 0. The molecule has 0 fully saturated rings. The molecular weight excluding hydrogens is 865 g/mol. The van der Waals surface area contributed by atoms with Crippen molar-refractivity contribution in [3.63, 3.8) is 0 Å². The number of benzene rings is 10. The van der Waals surface area contributed by atoms with Crippen LogP contribution in [-0.4, -0.2) is 0 Å². The quantitative estimate of drug-likeness (QED) is 0.144. The van der Waals surface area contributed by atoms with E-state index in [2.05, 4.69) is 246 Å². The van der Waals surface area contributed by atoms with Crippen LogP contribution in [-0.2, 0) is 32.5 Å². The van der Waals surface area contributed by atoms with Crippen LogP contribution in [0.3, 0.4) is 0 Å². The smallest absolute Gasteiger partial charge is 0.00260 e. The Morgan fingerprint density at radius 1 is 0.181 bits per heavy atom. The Labute approximate surface area is 429 Å². The minimum Gasteiger partial charge on any atom is -0.0579 e. The van der Waals surface area contributed by atoms with Crippen molar-refractivity contribution in [2.24, 2.45) is 0 Å². The summed E-state index contributed by atoms with van der Waals surface area (Å²) < 4.78 is 0. The van der Waals surface area contributed by atoms with Crippen LogP contribution >= 0.6 is 0 Å². The molecule has 0 saturated carbocycles. The Balaban J connectivity index is 1.24. The summed E-state index contributed by atoms with van der Waals surface area (Å²) in [4.78, 5) is 0. The van der Waals surface area contributed by atoms with Gasteiger partial charge in [-0.25, -0.2) is 0 Å². The van der Waals surface area contributed by atoms with Gasteiger partial charge >= 0.3 is 0 Å². The summed E-state index contributed by atoms with van der Waals surface area (Å²) in [5.74, 6) is 0. The van der Waals surface area contributed by atoms with Crippen LogP contribution < -0.4 is 0 Å². The van der Waals surface area contributed by atoms with Gasteiger partial charge in [0.2, 0.25) is 0 Å². The predicted molar refractivity (Wildman–Crippen MR) is 318 cm³/mol. The number of fused-ring (bicyclic) bond motifs is 12. The molecule has 10 aromatic rings. The van der Waals surface area contributed by atoms with E-state index in [0.717, 1.165) is 0 Å². The van der Waals surface area contributed by atoms with Gasteiger partial charge in [0.1, 0.15) is 0 Å². The second-order valence-corrected chi connectivity index (χ2v) is 28.4. The summed E-state index contributed by atoms with van der Waals surface area (Å²) in [5.41, 5.74) is 21.7. The zero-order chi connectivity index (χ0) is 51.3. The van der Waals surface area contributed by atoms with E-state index >= 15 is 0 Å². The van der Waals surface area contributed by atoms with Gasteiger partial charge in [0.15, 0.2) is 0 Å². The molecule has 0 aliphatic heterocycles. The Bertz CT molecular complexity index is 4030. The average Bonchev–Trinajstić information content (AvgIpc) is 3.76. The lowest BCUT2D eigenvalue weighted by atomic mass is 9.79. The van der Waals surface area contributed by atoms with Crippen molar-refractivity contribution in [3.8, 4) is 55.6 Å². The summed E-state index contributed by atoms with van der Waals surface area (Å²) in [6, 6.07) is 50.0. The fourth-order valence-corrected chi connectivity index (χ4v) is 12.3. The zero-order valence-corrected chi connectivity index (χ0v) is 46.5. The third-order valence-corrected chi connectivity index (χ3v) is 16.9. The Morgan fingerprint density at radius 2 is 0.486 bits per heavy atom. The Morgan fingerprint density at radius 3 is 0.917 bits per heavy atom. The fourth-order valence-electron chi connectivity index (χ4n) is 12.3. The summed E-state index contributed by atoms with van der Waals surface area (Å²) in [5, 5.41) is 16.0. The van der Waals surface area contributed by atoms with Crippen LogP contribution in [0.5, 0.6) is 0 Å². The lowest BCUT2D eigenvalue weighted by Gasteiger charge is -2.25.